The van der Waals surface area contributed by atoms with Gasteiger partial charge in [0.25, 0.3) is 0 Å². The van der Waals surface area contributed by atoms with E-state index in [0.29, 0.717) is 11.7 Å². The first kappa shape index (κ1) is 10.6. The van der Waals surface area contributed by atoms with E-state index < -0.39 is 0 Å². The van der Waals surface area contributed by atoms with Gasteiger partial charge in [0.05, 0.1) is 12.9 Å². The maximum absolute atomic E-state index is 12.2. The summed E-state index contributed by atoms with van der Waals surface area (Å²) < 4.78 is 5.24. The van der Waals surface area contributed by atoms with Crippen LogP contribution >= 0.6 is 0 Å². The van der Waals surface area contributed by atoms with Gasteiger partial charge in [-0.3, -0.25) is 4.79 Å². The van der Waals surface area contributed by atoms with E-state index in [1.54, 1.807) is 6.26 Å². The van der Waals surface area contributed by atoms with E-state index in [4.69, 9.17) is 4.74 Å². The average molecular weight is 228 g/mol. The Morgan fingerprint density at radius 3 is 2.76 bits per heavy atom. The fourth-order valence-corrected chi connectivity index (χ4v) is 2.54. The first-order valence-electron chi connectivity index (χ1n) is 6.26. The molecule has 0 radical (unpaired) electrons. The van der Waals surface area contributed by atoms with Gasteiger partial charge in [-0.2, -0.15) is 0 Å². The number of benzene rings is 1. The average Bonchev–Trinajstić information content (AvgIpc) is 3.20. The molecular weight excluding hydrogens is 212 g/mol. The second-order valence-corrected chi connectivity index (χ2v) is 4.84. The molecule has 1 heterocycles. The fourth-order valence-electron chi connectivity index (χ4n) is 2.54. The quantitative estimate of drug-likeness (QED) is 0.794. The number of hydrogen-bond acceptors (Lipinski definition) is 2. The fraction of sp³-hybridized carbons (Fsp3) is 0.400. The van der Waals surface area contributed by atoms with Crippen molar-refractivity contribution < 1.29 is 9.53 Å². The maximum atomic E-state index is 12.2. The van der Waals surface area contributed by atoms with E-state index in [1.807, 2.05) is 18.2 Å². The minimum absolute atomic E-state index is 0.199. The van der Waals surface area contributed by atoms with Crippen LogP contribution < -0.4 is 0 Å². The summed E-state index contributed by atoms with van der Waals surface area (Å²) in [7, 11) is 0. The van der Waals surface area contributed by atoms with Gasteiger partial charge in [-0.1, -0.05) is 30.3 Å². The molecule has 1 saturated carbocycles. The van der Waals surface area contributed by atoms with Crippen LogP contribution in [0.15, 0.2) is 42.2 Å². The molecule has 1 aromatic rings. The van der Waals surface area contributed by atoms with Crippen molar-refractivity contribution in [3.63, 3.8) is 0 Å². The Labute approximate surface area is 101 Å². The zero-order valence-corrected chi connectivity index (χ0v) is 9.76. The molecule has 1 aliphatic carbocycles. The second-order valence-electron chi connectivity index (χ2n) is 4.84. The summed E-state index contributed by atoms with van der Waals surface area (Å²) in [6.07, 6.45) is 4.53. The molecule has 0 aromatic heterocycles. The predicted molar refractivity (Wildman–Crippen MR) is 65.6 cm³/mol. The molecule has 2 unspecified atom stereocenters. The van der Waals surface area contributed by atoms with Crippen molar-refractivity contribution in [1.82, 2.24) is 0 Å². The molecule has 1 aliphatic heterocycles. The van der Waals surface area contributed by atoms with Crippen molar-refractivity contribution in [3.05, 3.63) is 47.7 Å². The Hall–Kier alpha value is -1.57. The lowest BCUT2D eigenvalue weighted by atomic mass is 10.00. The molecule has 88 valence electrons. The van der Waals surface area contributed by atoms with Gasteiger partial charge in [0.1, 0.15) is 0 Å². The molecular formula is C15H16O2. The molecule has 2 atom stereocenters. The van der Waals surface area contributed by atoms with E-state index in [0.717, 1.165) is 31.4 Å². The first-order valence-corrected chi connectivity index (χ1v) is 6.26. The van der Waals surface area contributed by atoms with Crippen LogP contribution in [0.5, 0.6) is 0 Å². The van der Waals surface area contributed by atoms with Crippen LogP contribution in [-0.2, 0) is 9.53 Å². The molecule has 17 heavy (non-hydrogen) atoms. The van der Waals surface area contributed by atoms with Crippen molar-refractivity contribution in [2.75, 3.05) is 6.61 Å². The number of ketones is 1. The van der Waals surface area contributed by atoms with Crippen molar-refractivity contribution >= 4 is 5.78 Å². The molecule has 2 heteroatoms. The SMILES string of the molecule is O=C(C1=COCCC1)C1CC1c1ccccc1. The van der Waals surface area contributed by atoms with Crippen LogP contribution in [0.1, 0.15) is 30.7 Å². The summed E-state index contributed by atoms with van der Waals surface area (Å²) >= 11 is 0. The minimum atomic E-state index is 0.199. The van der Waals surface area contributed by atoms with Gasteiger partial charge in [-0.05, 0) is 30.7 Å². The number of allylic oxidation sites excluding steroid dienone is 1. The van der Waals surface area contributed by atoms with Crippen molar-refractivity contribution in [3.8, 4) is 0 Å². The number of carbonyl (C=O) groups excluding carboxylic acids is 1. The van der Waals surface area contributed by atoms with Crippen LogP contribution in [0.3, 0.4) is 0 Å². The van der Waals surface area contributed by atoms with E-state index in [2.05, 4.69) is 12.1 Å². The number of ether oxygens (including phenoxy) is 1. The number of carbonyl (C=O) groups is 1. The molecule has 0 N–H and O–H groups in total. The molecule has 2 aliphatic rings. The Balaban J connectivity index is 1.68. The third-order valence-electron chi connectivity index (χ3n) is 3.61. The van der Waals surface area contributed by atoms with Gasteiger partial charge in [0, 0.05) is 11.5 Å². The number of rotatable bonds is 3. The summed E-state index contributed by atoms with van der Waals surface area (Å²) in [5.41, 5.74) is 2.18. The van der Waals surface area contributed by atoms with Gasteiger partial charge < -0.3 is 4.74 Å². The topological polar surface area (TPSA) is 26.3 Å². The van der Waals surface area contributed by atoms with Gasteiger partial charge in [-0.25, -0.2) is 0 Å². The van der Waals surface area contributed by atoms with Crippen LogP contribution in [0.25, 0.3) is 0 Å². The highest BCUT2D eigenvalue weighted by Crippen LogP contribution is 2.49. The standard InChI is InChI=1S/C15H16O2/c16-15(12-7-4-8-17-10-12)14-9-13(14)11-5-2-1-3-6-11/h1-3,5-6,10,13-14H,4,7-9H2. The Kier molecular flexibility index (Phi) is 2.71. The van der Waals surface area contributed by atoms with E-state index in [9.17, 15) is 4.79 Å². The van der Waals surface area contributed by atoms with Gasteiger partial charge in [0.2, 0.25) is 0 Å². The molecule has 3 rings (SSSR count). The van der Waals surface area contributed by atoms with E-state index in [-0.39, 0.29) is 5.92 Å². The molecule has 0 bridgehead atoms. The van der Waals surface area contributed by atoms with Gasteiger partial charge in [0.15, 0.2) is 5.78 Å². The molecule has 0 spiro atoms. The second kappa shape index (κ2) is 4.36. The lowest BCUT2D eigenvalue weighted by molar-refractivity contribution is -0.117. The summed E-state index contributed by atoms with van der Waals surface area (Å²) in [5, 5.41) is 0. The summed E-state index contributed by atoms with van der Waals surface area (Å²) in [4.78, 5) is 12.2. The Morgan fingerprint density at radius 1 is 1.24 bits per heavy atom. The summed E-state index contributed by atoms with van der Waals surface area (Å²) in [6.45, 7) is 0.754. The van der Waals surface area contributed by atoms with Crippen LogP contribution in [-0.4, -0.2) is 12.4 Å². The van der Waals surface area contributed by atoms with Gasteiger partial charge in [-0.15, -0.1) is 0 Å². The lowest BCUT2D eigenvalue weighted by Crippen LogP contribution is -2.11. The highest BCUT2D eigenvalue weighted by atomic mass is 16.5. The normalized spacial score (nSPS) is 26.9. The molecule has 1 aromatic carbocycles. The predicted octanol–water partition coefficient (Wildman–Crippen LogP) is 3.05. The smallest absolute Gasteiger partial charge is 0.165 e. The van der Waals surface area contributed by atoms with Crippen molar-refractivity contribution in [2.24, 2.45) is 5.92 Å². The highest BCUT2D eigenvalue weighted by molar-refractivity contribution is 5.99. The Bertz CT molecular complexity index is 447. The lowest BCUT2D eigenvalue weighted by Gasteiger charge is -2.12. The molecule has 0 amide bonds. The van der Waals surface area contributed by atoms with Crippen LogP contribution in [0, 0.1) is 5.92 Å². The summed E-state index contributed by atoms with van der Waals surface area (Å²) in [6, 6.07) is 10.3. The summed E-state index contributed by atoms with van der Waals surface area (Å²) in [5.74, 6) is 0.940. The Morgan fingerprint density at radius 2 is 2.06 bits per heavy atom. The monoisotopic (exact) mass is 228 g/mol. The zero-order valence-electron chi connectivity index (χ0n) is 9.76. The third kappa shape index (κ3) is 2.12. The zero-order chi connectivity index (χ0) is 11.7. The highest BCUT2D eigenvalue weighted by Gasteiger charge is 2.44. The van der Waals surface area contributed by atoms with Crippen molar-refractivity contribution in [1.29, 1.82) is 0 Å². The number of hydrogen-bond donors (Lipinski definition) is 0. The largest absolute Gasteiger partial charge is 0.501 e. The van der Waals surface area contributed by atoms with Crippen LogP contribution in [0.4, 0.5) is 0 Å². The van der Waals surface area contributed by atoms with E-state index in [1.165, 1.54) is 5.56 Å². The first-order chi connectivity index (χ1) is 8.36. The molecule has 2 nitrogen and oxygen atoms in total. The molecule has 0 saturated heterocycles. The van der Waals surface area contributed by atoms with Crippen molar-refractivity contribution in [2.45, 2.75) is 25.2 Å². The van der Waals surface area contributed by atoms with Gasteiger partial charge >= 0.3 is 0 Å². The number of Topliss-reactive ketones (excluding diaryl/α,β-unsaturated/α-hetero) is 1. The molecule has 1 fully saturated rings. The minimum Gasteiger partial charge on any atom is -0.501 e. The van der Waals surface area contributed by atoms with E-state index >= 15 is 0 Å². The maximum Gasteiger partial charge on any atom is 0.165 e. The van der Waals surface area contributed by atoms with Crippen LogP contribution in [0.2, 0.25) is 0 Å². The third-order valence-corrected chi connectivity index (χ3v) is 3.61.